The van der Waals surface area contributed by atoms with Crippen molar-refractivity contribution in [2.24, 2.45) is 0 Å². The number of hydrogen-bond acceptors (Lipinski definition) is 4. The number of halogens is 1. The second kappa shape index (κ2) is 5.17. The van der Waals surface area contributed by atoms with Crippen LogP contribution in [0.3, 0.4) is 0 Å². The van der Waals surface area contributed by atoms with Crippen LogP contribution in [-0.2, 0) is 9.53 Å². The van der Waals surface area contributed by atoms with E-state index in [0.29, 0.717) is 0 Å². The molecular weight excluding hydrogens is 246 g/mol. The molecule has 1 aromatic heterocycles. The van der Waals surface area contributed by atoms with Crippen LogP contribution in [0.2, 0.25) is 4.34 Å². The van der Waals surface area contributed by atoms with Crippen molar-refractivity contribution in [3.8, 4) is 0 Å². The summed E-state index contributed by atoms with van der Waals surface area (Å²) in [5.74, 6) is -0.277. The normalized spacial score (nSPS) is 13.6. The molecule has 1 rings (SSSR count). The third kappa shape index (κ3) is 3.20. The fourth-order valence-electron chi connectivity index (χ4n) is 1.49. The molecule has 0 spiro atoms. The molecule has 0 aliphatic rings. The molecule has 1 atom stereocenters. The van der Waals surface area contributed by atoms with Gasteiger partial charge in [-0.1, -0.05) is 11.6 Å². The van der Waals surface area contributed by atoms with E-state index in [4.69, 9.17) is 16.3 Å². The second-order valence-electron chi connectivity index (χ2n) is 4.17. The van der Waals surface area contributed by atoms with E-state index >= 15 is 0 Å². The lowest BCUT2D eigenvalue weighted by atomic mass is 10.0. The van der Waals surface area contributed by atoms with Crippen LogP contribution in [0.15, 0.2) is 11.4 Å². The summed E-state index contributed by atoms with van der Waals surface area (Å²) in [6, 6.07) is 1.95. The van der Waals surface area contributed by atoms with Gasteiger partial charge in [0.05, 0.1) is 11.4 Å². The topological polar surface area (TPSA) is 38.3 Å². The summed E-state index contributed by atoms with van der Waals surface area (Å²) in [6.45, 7) is 5.58. The Kier molecular flexibility index (Phi) is 4.35. The number of hydrogen-bond donors (Lipinski definition) is 1. The van der Waals surface area contributed by atoms with Crippen LogP contribution in [0.4, 0.5) is 0 Å². The first-order chi connectivity index (χ1) is 7.36. The zero-order chi connectivity index (χ0) is 12.3. The van der Waals surface area contributed by atoms with Crippen molar-refractivity contribution < 1.29 is 9.53 Å². The van der Waals surface area contributed by atoms with Gasteiger partial charge in [0, 0.05) is 6.04 Å². The van der Waals surface area contributed by atoms with Crippen LogP contribution < -0.4 is 5.32 Å². The monoisotopic (exact) mass is 261 g/mol. The molecule has 0 saturated carbocycles. The van der Waals surface area contributed by atoms with Crippen LogP contribution in [0.25, 0.3) is 0 Å². The lowest BCUT2D eigenvalue weighted by molar-refractivity contribution is -0.147. The van der Waals surface area contributed by atoms with Crippen molar-refractivity contribution in [2.75, 3.05) is 7.11 Å². The van der Waals surface area contributed by atoms with Gasteiger partial charge in [-0.2, -0.15) is 0 Å². The van der Waals surface area contributed by atoms with E-state index in [0.717, 1.165) is 9.90 Å². The Bertz CT molecular complexity index is 376. The summed E-state index contributed by atoms with van der Waals surface area (Å²) in [6.07, 6.45) is 0. The number of thiophene rings is 1. The van der Waals surface area contributed by atoms with Crippen LogP contribution in [0.1, 0.15) is 32.4 Å². The maximum absolute atomic E-state index is 11.5. The minimum absolute atomic E-state index is 0.0536. The van der Waals surface area contributed by atoms with Crippen LogP contribution in [0.5, 0.6) is 0 Å². The molecule has 1 heterocycles. The molecule has 0 aliphatic heterocycles. The van der Waals surface area contributed by atoms with Crippen molar-refractivity contribution >= 4 is 28.9 Å². The number of esters is 1. The predicted octanol–water partition coefficient (Wildman–Crippen LogP) is 3.00. The highest BCUT2D eigenvalue weighted by Crippen LogP contribution is 2.26. The quantitative estimate of drug-likeness (QED) is 0.847. The Hall–Kier alpha value is -0.580. The minimum Gasteiger partial charge on any atom is -0.468 e. The second-order valence-corrected chi connectivity index (χ2v) is 5.71. The van der Waals surface area contributed by atoms with Gasteiger partial charge in [0.15, 0.2) is 0 Å². The summed E-state index contributed by atoms with van der Waals surface area (Å²) in [4.78, 5) is 11.5. The molecule has 1 aromatic rings. The molecule has 0 radical (unpaired) electrons. The van der Waals surface area contributed by atoms with E-state index in [2.05, 4.69) is 5.32 Å². The Morgan fingerprint density at radius 1 is 1.62 bits per heavy atom. The molecule has 0 aliphatic carbocycles. The molecule has 0 fully saturated rings. The van der Waals surface area contributed by atoms with Crippen LogP contribution in [-0.4, -0.2) is 18.6 Å². The molecule has 0 aromatic carbocycles. The summed E-state index contributed by atoms with van der Waals surface area (Å²) in [5, 5.41) is 5.19. The van der Waals surface area contributed by atoms with Gasteiger partial charge in [-0.25, -0.2) is 0 Å². The molecular formula is C11H16ClNO2S. The van der Waals surface area contributed by atoms with Gasteiger partial charge in [0.2, 0.25) is 0 Å². The lowest BCUT2D eigenvalue weighted by Crippen LogP contribution is -2.48. The van der Waals surface area contributed by atoms with Crippen molar-refractivity contribution in [3.05, 3.63) is 21.3 Å². The Morgan fingerprint density at radius 3 is 2.69 bits per heavy atom. The van der Waals surface area contributed by atoms with Gasteiger partial charge in [0.25, 0.3) is 0 Å². The first kappa shape index (κ1) is 13.5. The van der Waals surface area contributed by atoms with Gasteiger partial charge in [0.1, 0.15) is 5.54 Å². The summed E-state index contributed by atoms with van der Waals surface area (Å²) in [5.41, 5.74) is 0.370. The van der Waals surface area contributed by atoms with E-state index in [-0.39, 0.29) is 12.0 Å². The maximum atomic E-state index is 11.5. The smallest absolute Gasteiger partial charge is 0.325 e. The zero-order valence-corrected chi connectivity index (χ0v) is 11.4. The van der Waals surface area contributed by atoms with Gasteiger partial charge in [-0.3, -0.25) is 10.1 Å². The molecule has 16 heavy (non-hydrogen) atoms. The minimum atomic E-state index is -0.706. The van der Waals surface area contributed by atoms with Crippen LogP contribution >= 0.6 is 22.9 Å². The first-order valence-electron chi connectivity index (χ1n) is 4.97. The molecule has 90 valence electrons. The van der Waals surface area contributed by atoms with E-state index in [1.807, 2.05) is 18.4 Å². The summed E-state index contributed by atoms with van der Waals surface area (Å²) in [7, 11) is 1.39. The molecule has 3 nitrogen and oxygen atoms in total. The third-order valence-electron chi connectivity index (χ3n) is 2.36. The zero-order valence-electron chi connectivity index (χ0n) is 9.83. The lowest BCUT2D eigenvalue weighted by Gasteiger charge is -2.27. The fourth-order valence-corrected chi connectivity index (χ4v) is 2.47. The molecule has 0 saturated heterocycles. The third-order valence-corrected chi connectivity index (χ3v) is 3.47. The molecule has 1 N–H and O–H groups in total. The highest BCUT2D eigenvalue weighted by molar-refractivity contribution is 7.14. The van der Waals surface area contributed by atoms with Crippen LogP contribution in [0, 0.1) is 0 Å². The highest BCUT2D eigenvalue weighted by atomic mass is 35.5. The number of carbonyl (C=O) groups is 1. The fraction of sp³-hybridized carbons (Fsp3) is 0.545. The van der Waals surface area contributed by atoms with E-state index in [1.165, 1.54) is 18.4 Å². The van der Waals surface area contributed by atoms with Crippen molar-refractivity contribution in [3.63, 3.8) is 0 Å². The average Bonchev–Trinajstić information content (AvgIpc) is 2.63. The Balaban J connectivity index is 2.70. The highest BCUT2D eigenvalue weighted by Gasteiger charge is 2.30. The van der Waals surface area contributed by atoms with Crippen molar-refractivity contribution in [1.82, 2.24) is 5.32 Å². The Labute approximate surface area is 105 Å². The predicted molar refractivity (Wildman–Crippen MR) is 67.0 cm³/mol. The van der Waals surface area contributed by atoms with Gasteiger partial charge in [-0.15, -0.1) is 11.3 Å². The summed E-state index contributed by atoms with van der Waals surface area (Å²) < 4.78 is 5.48. The number of carbonyl (C=O) groups excluding carboxylic acids is 1. The van der Waals surface area contributed by atoms with E-state index in [1.54, 1.807) is 13.8 Å². The largest absolute Gasteiger partial charge is 0.468 e. The van der Waals surface area contributed by atoms with Crippen molar-refractivity contribution in [1.29, 1.82) is 0 Å². The Morgan fingerprint density at radius 2 is 2.25 bits per heavy atom. The maximum Gasteiger partial charge on any atom is 0.325 e. The SMILES string of the molecule is COC(=O)C(C)(C)NC(C)c1csc(Cl)c1. The number of rotatable bonds is 4. The van der Waals surface area contributed by atoms with Crippen molar-refractivity contribution in [2.45, 2.75) is 32.4 Å². The van der Waals surface area contributed by atoms with E-state index in [9.17, 15) is 4.79 Å². The average molecular weight is 262 g/mol. The number of nitrogens with one attached hydrogen (secondary N) is 1. The molecule has 0 amide bonds. The summed E-state index contributed by atoms with van der Waals surface area (Å²) >= 11 is 7.35. The van der Waals surface area contributed by atoms with Gasteiger partial charge < -0.3 is 4.74 Å². The van der Waals surface area contributed by atoms with E-state index < -0.39 is 5.54 Å². The van der Waals surface area contributed by atoms with Gasteiger partial charge >= 0.3 is 5.97 Å². The molecule has 0 bridgehead atoms. The first-order valence-corrected chi connectivity index (χ1v) is 6.22. The standard InChI is InChI=1S/C11H16ClNO2S/c1-7(8-5-9(12)16-6-8)13-11(2,3)10(14)15-4/h5-7,13H,1-4H3. The molecule has 5 heteroatoms. The number of methoxy groups -OCH3 is 1. The number of ether oxygens (including phenoxy) is 1. The molecule has 1 unspecified atom stereocenters. The van der Waals surface area contributed by atoms with Gasteiger partial charge in [-0.05, 0) is 37.8 Å².